The molecule has 5 heteroatoms. The van der Waals surface area contributed by atoms with Crippen LogP contribution in [0.5, 0.6) is 0 Å². The van der Waals surface area contributed by atoms with Crippen molar-refractivity contribution in [3.63, 3.8) is 0 Å². The second kappa shape index (κ2) is 5.23. The molecule has 1 fully saturated rings. The predicted octanol–water partition coefficient (Wildman–Crippen LogP) is -0.264. The Morgan fingerprint density at radius 2 is 1.93 bits per heavy atom. The molecular weight excluding hydrogens is 198 g/mol. The molecule has 2 N–H and O–H groups in total. The summed E-state index contributed by atoms with van der Waals surface area (Å²) in [5, 5.41) is 11.8. The van der Waals surface area contributed by atoms with Crippen LogP contribution in [0.25, 0.3) is 0 Å². The van der Waals surface area contributed by atoms with Gasteiger partial charge < -0.3 is 24.6 Å². The lowest BCUT2D eigenvalue weighted by Crippen LogP contribution is -2.61. The van der Waals surface area contributed by atoms with Gasteiger partial charge in [-0.15, -0.1) is 0 Å². The zero-order valence-corrected chi connectivity index (χ0v) is 9.71. The molecule has 15 heavy (non-hydrogen) atoms. The van der Waals surface area contributed by atoms with Crippen LogP contribution in [0.15, 0.2) is 0 Å². The van der Waals surface area contributed by atoms with Crippen LogP contribution in [-0.2, 0) is 14.2 Å². The molecule has 0 radical (unpaired) electrons. The number of nitrogens with one attached hydrogen (secondary N) is 1. The largest absolute Gasteiger partial charge is 0.394 e. The van der Waals surface area contributed by atoms with Crippen LogP contribution < -0.4 is 5.32 Å². The van der Waals surface area contributed by atoms with E-state index in [1.54, 1.807) is 0 Å². The Balaban J connectivity index is 2.41. The molecule has 1 aliphatic heterocycles. The van der Waals surface area contributed by atoms with Gasteiger partial charge in [0.2, 0.25) is 0 Å². The van der Waals surface area contributed by atoms with Crippen molar-refractivity contribution in [3.8, 4) is 0 Å². The normalized spacial score (nSPS) is 24.0. The van der Waals surface area contributed by atoms with E-state index in [2.05, 4.69) is 5.32 Å². The van der Waals surface area contributed by atoms with Crippen molar-refractivity contribution in [2.45, 2.75) is 25.2 Å². The fourth-order valence-corrected chi connectivity index (χ4v) is 1.34. The van der Waals surface area contributed by atoms with Gasteiger partial charge in [0, 0.05) is 0 Å². The summed E-state index contributed by atoms with van der Waals surface area (Å²) in [7, 11) is 1.85. The molecule has 0 aromatic carbocycles. The number of hydrogen-bond donors (Lipinski definition) is 2. The van der Waals surface area contributed by atoms with E-state index in [1.165, 1.54) is 0 Å². The fourth-order valence-electron chi connectivity index (χ4n) is 1.34. The molecule has 0 amide bonds. The predicted molar refractivity (Wildman–Crippen MR) is 55.7 cm³/mol. The van der Waals surface area contributed by atoms with Crippen LogP contribution in [0.1, 0.15) is 13.8 Å². The Morgan fingerprint density at radius 3 is 2.40 bits per heavy atom. The third kappa shape index (κ3) is 3.70. The number of aliphatic hydroxyl groups is 1. The molecular formula is C10H21NO4. The second-order valence-electron chi connectivity index (χ2n) is 4.28. The van der Waals surface area contributed by atoms with Crippen molar-refractivity contribution in [1.82, 2.24) is 5.32 Å². The van der Waals surface area contributed by atoms with E-state index in [1.807, 2.05) is 20.9 Å². The van der Waals surface area contributed by atoms with Gasteiger partial charge in [-0.25, -0.2) is 0 Å². The van der Waals surface area contributed by atoms with E-state index in [9.17, 15) is 0 Å². The van der Waals surface area contributed by atoms with Crippen molar-refractivity contribution >= 4 is 0 Å². The van der Waals surface area contributed by atoms with Gasteiger partial charge in [0.1, 0.15) is 0 Å². The topological polar surface area (TPSA) is 60.0 Å². The molecule has 0 spiro atoms. The molecule has 1 rings (SSSR count). The summed E-state index contributed by atoms with van der Waals surface area (Å²) in [4.78, 5) is 0. The summed E-state index contributed by atoms with van der Waals surface area (Å²) < 4.78 is 16.5. The Hall–Kier alpha value is -0.200. The highest BCUT2D eigenvalue weighted by atomic mass is 16.7. The van der Waals surface area contributed by atoms with Gasteiger partial charge in [-0.3, -0.25) is 0 Å². The molecule has 0 atom stereocenters. The first-order valence-corrected chi connectivity index (χ1v) is 5.19. The van der Waals surface area contributed by atoms with Crippen molar-refractivity contribution in [1.29, 1.82) is 0 Å². The molecule has 0 unspecified atom stereocenters. The number of ether oxygens (including phenoxy) is 3. The summed E-state index contributed by atoms with van der Waals surface area (Å²) in [5.41, 5.74) is -0.301. The van der Waals surface area contributed by atoms with Crippen molar-refractivity contribution in [3.05, 3.63) is 0 Å². The van der Waals surface area contributed by atoms with E-state index >= 15 is 0 Å². The fraction of sp³-hybridized carbons (Fsp3) is 1.00. The molecule has 1 heterocycles. The summed E-state index contributed by atoms with van der Waals surface area (Å²) in [6.07, 6.45) is 0. The van der Waals surface area contributed by atoms with E-state index in [0.717, 1.165) is 0 Å². The van der Waals surface area contributed by atoms with Crippen LogP contribution in [0.2, 0.25) is 0 Å². The number of likely N-dealkylation sites (N-methyl/N-ethyl adjacent to an activating group) is 1. The molecule has 1 aliphatic rings. The average molecular weight is 219 g/mol. The smallest absolute Gasteiger partial charge is 0.162 e. The minimum atomic E-state index is -0.517. The minimum Gasteiger partial charge on any atom is -0.394 e. The third-order valence-corrected chi connectivity index (χ3v) is 2.54. The van der Waals surface area contributed by atoms with Crippen LogP contribution >= 0.6 is 0 Å². The second-order valence-corrected chi connectivity index (χ2v) is 4.28. The van der Waals surface area contributed by atoms with Gasteiger partial charge >= 0.3 is 0 Å². The van der Waals surface area contributed by atoms with Gasteiger partial charge in [-0.05, 0) is 20.9 Å². The summed E-state index contributed by atoms with van der Waals surface area (Å²) in [6.45, 7) is 5.71. The Labute approximate surface area is 90.7 Å². The monoisotopic (exact) mass is 219 g/mol. The molecule has 0 bridgehead atoms. The Bertz CT molecular complexity index is 186. The van der Waals surface area contributed by atoms with Gasteiger partial charge in [0.15, 0.2) is 5.79 Å². The average Bonchev–Trinajstić information content (AvgIpc) is 2.22. The van der Waals surface area contributed by atoms with Crippen LogP contribution in [0, 0.1) is 0 Å². The maximum absolute atomic E-state index is 8.63. The first kappa shape index (κ1) is 12.9. The highest BCUT2D eigenvalue weighted by molar-refractivity contribution is 4.90. The maximum atomic E-state index is 8.63. The Kier molecular flexibility index (Phi) is 4.48. The third-order valence-electron chi connectivity index (χ3n) is 2.54. The quantitative estimate of drug-likeness (QED) is 0.624. The van der Waals surface area contributed by atoms with E-state index in [0.29, 0.717) is 26.4 Å². The number of rotatable bonds is 5. The molecule has 5 nitrogen and oxygen atoms in total. The molecule has 0 aliphatic carbocycles. The van der Waals surface area contributed by atoms with Crippen molar-refractivity contribution in [2.24, 2.45) is 0 Å². The van der Waals surface area contributed by atoms with Crippen molar-refractivity contribution < 1.29 is 19.3 Å². The van der Waals surface area contributed by atoms with E-state index in [-0.39, 0.29) is 12.1 Å². The minimum absolute atomic E-state index is 0.0347. The molecule has 1 saturated heterocycles. The standard InChI is InChI=1S/C10H21NO4/c1-9(2)14-7-10(11-3,8-15-9)6-13-5-4-12/h11-12H,4-8H2,1-3H3. The lowest BCUT2D eigenvalue weighted by atomic mass is 10.0. The lowest BCUT2D eigenvalue weighted by Gasteiger charge is -2.43. The lowest BCUT2D eigenvalue weighted by molar-refractivity contribution is -0.276. The summed E-state index contributed by atoms with van der Waals surface area (Å²) >= 11 is 0. The van der Waals surface area contributed by atoms with Gasteiger partial charge in [0.05, 0.1) is 38.6 Å². The van der Waals surface area contributed by atoms with Gasteiger partial charge in [0.25, 0.3) is 0 Å². The van der Waals surface area contributed by atoms with E-state index < -0.39 is 5.79 Å². The highest BCUT2D eigenvalue weighted by Gasteiger charge is 2.39. The first-order chi connectivity index (χ1) is 7.04. The maximum Gasteiger partial charge on any atom is 0.162 e. The molecule has 0 saturated carbocycles. The highest BCUT2D eigenvalue weighted by Crippen LogP contribution is 2.23. The van der Waals surface area contributed by atoms with Crippen LogP contribution in [0.3, 0.4) is 0 Å². The zero-order valence-electron chi connectivity index (χ0n) is 9.71. The van der Waals surface area contributed by atoms with Crippen molar-refractivity contribution in [2.75, 3.05) is 40.1 Å². The molecule has 90 valence electrons. The number of aliphatic hydroxyl groups excluding tert-OH is 1. The summed E-state index contributed by atoms with van der Waals surface area (Å²) in [5.74, 6) is -0.517. The van der Waals surface area contributed by atoms with Gasteiger partial charge in [-0.1, -0.05) is 0 Å². The van der Waals surface area contributed by atoms with Crippen LogP contribution in [-0.4, -0.2) is 56.5 Å². The van der Waals surface area contributed by atoms with Gasteiger partial charge in [-0.2, -0.15) is 0 Å². The molecule has 0 aromatic heterocycles. The molecule has 0 aromatic rings. The SMILES string of the molecule is CNC1(COCCO)COC(C)(C)OC1. The first-order valence-electron chi connectivity index (χ1n) is 5.19. The van der Waals surface area contributed by atoms with Crippen LogP contribution in [0.4, 0.5) is 0 Å². The Morgan fingerprint density at radius 1 is 1.33 bits per heavy atom. The zero-order chi connectivity index (χ0) is 11.4. The summed E-state index contributed by atoms with van der Waals surface area (Å²) in [6, 6.07) is 0. The van der Waals surface area contributed by atoms with E-state index in [4.69, 9.17) is 19.3 Å². The number of hydrogen-bond acceptors (Lipinski definition) is 5.